The maximum atomic E-state index is 3.56. The van der Waals surface area contributed by atoms with E-state index >= 15 is 0 Å². The Balaban J connectivity index is 2.10. The Bertz CT molecular complexity index is 576. The van der Waals surface area contributed by atoms with Crippen LogP contribution in [0.3, 0.4) is 0 Å². The van der Waals surface area contributed by atoms with Gasteiger partial charge in [-0.2, -0.15) is 0 Å². The highest BCUT2D eigenvalue weighted by Gasteiger charge is 2.06. The monoisotopic (exact) mass is 380 g/mol. The van der Waals surface area contributed by atoms with Gasteiger partial charge in [0.1, 0.15) is 0 Å². The second-order valence-electron chi connectivity index (χ2n) is 5.32. The Hall–Kier alpha value is -1.23. The molecule has 0 radical (unpaired) electrons. The lowest BCUT2D eigenvalue weighted by molar-refractivity contribution is 0.884. The number of aryl methyl sites for hydroxylation is 1. The van der Waals surface area contributed by atoms with Crippen molar-refractivity contribution in [3.63, 3.8) is 0 Å². The third-order valence-corrected chi connectivity index (χ3v) is 4.63. The Labute approximate surface area is 135 Å². The van der Waals surface area contributed by atoms with Crippen LogP contribution < -0.4 is 10.2 Å². The number of nitrogens with one attached hydrogen (secondary N) is 1. The normalized spacial score (nSPS) is 12.1. The second-order valence-corrected chi connectivity index (χ2v) is 6.48. The van der Waals surface area contributed by atoms with E-state index in [1.807, 2.05) is 0 Å². The van der Waals surface area contributed by atoms with Crippen molar-refractivity contribution in [1.29, 1.82) is 0 Å². The van der Waals surface area contributed by atoms with Gasteiger partial charge in [-0.25, -0.2) is 0 Å². The molecule has 2 nitrogen and oxygen atoms in total. The zero-order valence-corrected chi connectivity index (χ0v) is 14.6. The van der Waals surface area contributed by atoms with Crippen molar-refractivity contribution in [2.75, 3.05) is 24.3 Å². The van der Waals surface area contributed by atoms with Crippen molar-refractivity contribution in [3.8, 4) is 0 Å². The number of hydrogen-bond donors (Lipinski definition) is 1. The van der Waals surface area contributed by atoms with E-state index in [0.29, 0.717) is 6.04 Å². The van der Waals surface area contributed by atoms with Crippen LogP contribution in [0.25, 0.3) is 0 Å². The molecule has 0 aromatic heterocycles. The van der Waals surface area contributed by atoms with E-state index in [9.17, 15) is 0 Å². The lowest BCUT2D eigenvalue weighted by atomic mass is 10.1. The minimum Gasteiger partial charge on any atom is -0.378 e. The Morgan fingerprint density at radius 3 is 2.25 bits per heavy atom. The molecule has 0 spiro atoms. The molecule has 1 atom stereocenters. The van der Waals surface area contributed by atoms with Gasteiger partial charge in [0.25, 0.3) is 0 Å². The third kappa shape index (κ3) is 3.66. The van der Waals surface area contributed by atoms with Gasteiger partial charge in [0.2, 0.25) is 0 Å². The first-order chi connectivity index (χ1) is 9.47. The quantitative estimate of drug-likeness (QED) is 0.764. The molecule has 2 rings (SSSR count). The first kappa shape index (κ1) is 15.2. The van der Waals surface area contributed by atoms with Gasteiger partial charge in [0.15, 0.2) is 0 Å². The number of rotatable bonds is 4. The predicted octanol–water partition coefficient (Wildman–Crippen LogP) is 4.84. The van der Waals surface area contributed by atoms with Crippen molar-refractivity contribution in [3.05, 3.63) is 57.2 Å². The Morgan fingerprint density at radius 1 is 1.05 bits per heavy atom. The lowest BCUT2D eigenvalue weighted by Gasteiger charge is -2.18. The van der Waals surface area contributed by atoms with Gasteiger partial charge in [-0.1, -0.05) is 18.2 Å². The van der Waals surface area contributed by atoms with Gasteiger partial charge in [0, 0.05) is 35.1 Å². The van der Waals surface area contributed by atoms with Crippen molar-refractivity contribution in [2.24, 2.45) is 0 Å². The largest absolute Gasteiger partial charge is 0.378 e. The van der Waals surface area contributed by atoms with Crippen molar-refractivity contribution >= 4 is 34.0 Å². The zero-order valence-electron chi connectivity index (χ0n) is 12.4. The van der Waals surface area contributed by atoms with Crippen LogP contribution in [0.2, 0.25) is 0 Å². The van der Waals surface area contributed by atoms with E-state index in [0.717, 1.165) is 0 Å². The van der Waals surface area contributed by atoms with Crippen LogP contribution >= 0.6 is 22.6 Å². The molecule has 2 aromatic rings. The molecule has 2 aromatic carbocycles. The highest BCUT2D eigenvalue weighted by Crippen LogP contribution is 2.23. The first-order valence-corrected chi connectivity index (χ1v) is 7.85. The lowest BCUT2D eigenvalue weighted by Crippen LogP contribution is -2.10. The molecule has 106 valence electrons. The summed E-state index contributed by atoms with van der Waals surface area (Å²) >= 11 is 2.38. The van der Waals surface area contributed by atoms with Gasteiger partial charge in [-0.05, 0) is 71.8 Å². The second kappa shape index (κ2) is 6.48. The molecule has 0 saturated carbocycles. The molecule has 0 aliphatic rings. The topological polar surface area (TPSA) is 15.3 Å². The first-order valence-electron chi connectivity index (χ1n) is 6.77. The Morgan fingerprint density at radius 2 is 1.70 bits per heavy atom. The SMILES string of the molecule is Cc1ccc(NC(C)c2ccc(N(C)C)cc2)cc1I. The van der Waals surface area contributed by atoms with Crippen LogP contribution in [-0.4, -0.2) is 14.1 Å². The summed E-state index contributed by atoms with van der Waals surface area (Å²) in [7, 11) is 4.12. The van der Waals surface area contributed by atoms with Gasteiger partial charge in [-0.15, -0.1) is 0 Å². The van der Waals surface area contributed by atoms with E-state index < -0.39 is 0 Å². The molecule has 0 amide bonds. The van der Waals surface area contributed by atoms with E-state index in [-0.39, 0.29) is 0 Å². The van der Waals surface area contributed by atoms with Crippen LogP contribution in [-0.2, 0) is 0 Å². The summed E-state index contributed by atoms with van der Waals surface area (Å²) < 4.78 is 1.29. The summed E-state index contributed by atoms with van der Waals surface area (Å²) in [6, 6.07) is 15.5. The highest BCUT2D eigenvalue weighted by atomic mass is 127. The summed E-state index contributed by atoms with van der Waals surface area (Å²) in [5.74, 6) is 0. The van der Waals surface area contributed by atoms with E-state index in [1.165, 1.54) is 26.1 Å². The summed E-state index contributed by atoms with van der Waals surface area (Å²) in [6.45, 7) is 4.33. The highest BCUT2D eigenvalue weighted by molar-refractivity contribution is 14.1. The molecular formula is C17H21IN2. The van der Waals surface area contributed by atoms with Crippen LogP contribution in [0.4, 0.5) is 11.4 Å². The predicted molar refractivity (Wildman–Crippen MR) is 96.7 cm³/mol. The fraction of sp³-hybridized carbons (Fsp3) is 0.294. The number of anilines is 2. The number of halogens is 1. The third-order valence-electron chi connectivity index (χ3n) is 3.46. The minimum atomic E-state index is 0.296. The molecule has 0 aliphatic heterocycles. The molecule has 1 N–H and O–H groups in total. The van der Waals surface area contributed by atoms with E-state index in [4.69, 9.17) is 0 Å². The maximum Gasteiger partial charge on any atom is 0.0485 e. The molecule has 0 bridgehead atoms. The molecule has 1 unspecified atom stereocenters. The van der Waals surface area contributed by atoms with Gasteiger partial charge in [-0.3, -0.25) is 0 Å². The van der Waals surface area contributed by atoms with Gasteiger partial charge < -0.3 is 10.2 Å². The maximum absolute atomic E-state index is 3.56. The number of benzene rings is 2. The number of hydrogen-bond acceptors (Lipinski definition) is 2. The minimum absolute atomic E-state index is 0.296. The molecular weight excluding hydrogens is 359 g/mol. The summed E-state index contributed by atoms with van der Waals surface area (Å²) in [4.78, 5) is 2.12. The van der Waals surface area contributed by atoms with Gasteiger partial charge in [0.05, 0.1) is 0 Å². The smallest absolute Gasteiger partial charge is 0.0485 e. The molecule has 0 aliphatic carbocycles. The molecule has 0 fully saturated rings. The van der Waals surface area contributed by atoms with E-state index in [1.54, 1.807) is 0 Å². The average Bonchev–Trinajstić information content (AvgIpc) is 2.43. The number of nitrogens with zero attached hydrogens (tertiary/aromatic N) is 1. The van der Waals surface area contributed by atoms with E-state index in [2.05, 4.69) is 103 Å². The molecule has 0 saturated heterocycles. The van der Waals surface area contributed by atoms with Gasteiger partial charge >= 0.3 is 0 Å². The molecule has 3 heteroatoms. The summed E-state index contributed by atoms with van der Waals surface area (Å²) in [6.07, 6.45) is 0. The van der Waals surface area contributed by atoms with Crippen molar-refractivity contribution in [1.82, 2.24) is 0 Å². The van der Waals surface area contributed by atoms with Crippen LogP contribution in [0.1, 0.15) is 24.1 Å². The van der Waals surface area contributed by atoms with Crippen LogP contribution in [0.5, 0.6) is 0 Å². The summed E-state index contributed by atoms with van der Waals surface area (Å²) in [5, 5.41) is 3.56. The average molecular weight is 380 g/mol. The van der Waals surface area contributed by atoms with Crippen molar-refractivity contribution < 1.29 is 0 Å². The molecule has 20 heavy (non-hydrogen) atoms. The zero-order chi connectivity index (χ0) is 14.7. The van der Waals surface area contributed by atoms with Crippen LogP contribution in [0, 0.1) is 10.5 Å². The molecule has 0 heterocycles. The fourth-order valence-electron chi connectivity index (χ4n) is 2.08. The Kier molecular flexibility index (Phi) is 4.91. The van der Waals surface area contributed by atoms with Crippen LogP contribution in [0.15, 0.2) is 42.5 Å². The van der Waals surface area contributed by atoms with Crippen molar-refractivity contribution in [2.45, 2.75) is 19.9 Å². The standard InChI is InChI=1S/C17H21IN2/c1-12-5-8-15(11-17(12)18)19-13(2)14-6-9-16(10-7-14)20(3)4/h5-11,13,19H,1-4H3. The fourth-order valence-corrected chi connectivity index (χ4v) is 2.59. The summed E-state index contributed by atoms with van der Waals surface area (Å²) in [5.41, 5.74) is 5.01.